The van der Waals surface area contributed by atoms with Crippen LogP contribution in [0.1, 0.15) is 25.3 Å². The third-order valence-electron chi connectivity index (χ3n) is 3.84. The van der Waals surface area contributed by atoms with Crippen molar-refractivity contribution in [3.8, 4) is 11.5 Å². The maximum absolute atomic E-state index is 12.2. The summed E-state index contributed by atoms with van der Waals surface area (Å²) in [5.74, 6) is 1.20. The van der Waals surface area contributed by atoms with Gasteiger partial charge in [0.15, 0.2) is 11.5 Å². The van der Waals surface area contributed by atoms with E-state index in [0.717, 1.165) is 36.3 Å². The Labute approximate surface area is 149 Å². The van der Waals surface area contributed by atoms with Gasteiger partial charge in [-0.15, -0.1) is 0 Å². The van der Waals surface area contributed by atoms with Crippen LogP contribution < -0.4 is 20.1 Å². The molecule has 0 unspecified atom stereocenters. The summed E-state index contributed by atoms with van der Waals surface area (Å²) in [7, 11) is 3.17. The predicted octanol–water partition coefficient (Wildman–Crippen LogP) is 4.10. The van der Waals surface area contributed by atoms with E-state index in [9.17, 15) is 4.79 Å². The number of anilines is 2. The van der Waals surface area contributed by atoms with Gasteiger partial charge >= 0.3 is 0 Å². The SMILES string of the molecule is CCCCNc1ccc(NC(=O)Cc2ccc(OC)c(OC)c2)cc1. The van der Waals surface area contributed by atoms with E-state index >= 15 is 0 Å². The third-order valence-corrected chi connectivity index (χ3v) is 3.84. The first-order valence-electron chi connectivity index (χ1n) is 8.51. The first kappa shape index (κ1) is 18.6. The zero-order valence-corrected chi connectivity index (χ0v) is 15.1. The van der Waals surface area contributed by atoms with Crippen molar-refractivity contribution >= 4 is 17.3 Å². The highest BCUT2D eigenvalue weighted by Crippen LogP contribution is 2.27. The van der Waals surface area contributed by atoms with Gasteiger partial charge in [0, 0.05) is 17.9 Å². The Balaban J connectivity index is 1.91. The molecule has 0 bridgehead atoms. The number of hydrogen-bond acceptors (Lipinski definition) is 4. The first-order chi connectivity index (χ1) is 12.2. The number of rotatable bonds is 9. The minimum absolute atomic E-state index is 0.0705. The summed E-state index contributed by atoms with van der Waals surface area (Å²) in [4.78, 5) is 12.2. The number of benzene rings is 2. The van der Waals surface area contributed by atoms with Crippen molar-refractivity contribution in [2.24, 2.45) is 0 Å². The Morgan fingerprint density at radius 2 is 1.64 bits per heavy atom. The molecule has 1 amide bonds. The van der Waals surface area contributed by atoms with Crippen LogP contribution in [0.3, 0.4) is 0 Å². The number of methoxy groups -OCH3 is 2. The van der Waals surface area contributed by atoms with Crippen LogP contribution in [0.4, 0.5) is 11.4 Å². The average molecular weight is 342 g/mol. The molecule has 0 spiro atoms. The van der Waals surface area contributed by atoms with Gasteiger partial charge in [0.05, 0.1) is 20.6 Å². The fraction of sp³-hybridized carbons (Fsp3) is 0.350. The van der Waals surface area contributed by atoms with Crippen LogP contribution in [-0.4, -0.2) is 26.7 Å². The predicted molar refractivity (Wildman–Crippen MR) is 102 cm³/mol. The monoisotopic (exact) mass is 342 g/mol. The maximum Gasteiger partial charge on any atom is 0.228 e. The molecule has 134 valence electrons. The number of nitrogens with one attached hydrogen (secondary N) is 2. The van der Waals surface area contributed by atoms with Gasteiger partial charge in [0.1, 0.15) is 0 Å². The molecular weight excluding hydrogens is 316 g/mol. The van der Waals surface area contributed by atoms with Crippen LogP contribution in [-0.2, 0) is 11.2 Å². The molecule has 0 aliphatic carbocycles. The molecule has 2 N–H and O–H groups in total. The average Bonchev–Trinajstić information content (AvgIpc) is 2.63. The lowest BCUT2D eigenvalue weighted by Gasteiger charge is -2.10. The lowest BCUT2D eigenvalue weighted by molar-refractivity contribution is -0.115. The fourth-order valence-electron chi connectivity index (χ4n) is 2.46. The second kappa shape index (κ2) is 9.57. The number of unbranched alkanes of at least 4 members (excludes halogenated alkanes) is 1. The third kappa shape index (κ3) is 5.71. The lowest BCUT2D eigenvalue weighted by Crippen LogP contribution is -2.14. The molecule has 0 saturated carbocycles. The van der Waals surface area contributed by atoms with Crippen LogP contribution in [0, 0.1) is 0 Å². The Kier molecular flexibility index (Phi) is 7.14. The van der Waals surface area contributed by atoms with E-state index in [0.29, 0.717) is 11.5 Å². The Hall–Kier alpha value is -2.69. The number of carbonyl (C=O) groups is 1. The second-order valence-corrected chi connectivity index (χ2v) is 5.77. The summed E-state index contributed by atoms with van der Waals surface area (Å²) in [5.41, 5.74) is 2.71. The lowest BCUT2D eigenvalue weighted by atomic mass is 10.1. The topological polar surface area (TPSA) is 59.6 Å². The van der Waals surface area contributed by atoms with Crippen molar-refractivity contribution < 1.29 is 14.3 Å². The summed E-state index contributed by atoms with van der Waals surface area (Å²) in [6.45, 7) is 3.13. The molecule has 0 aromatic heterocycles. The molecule has 2 aromatic carbocycles. The van der Waals surface area contributed by atoms with Crippen molar-refractivity contribution in [3.63, 3.8) is 0 Å². The summed E-state index contributed by atoms with van der Waals surface area (Å²) >= 11 is 0. The smallest absolute Gasteiger partial charge is 0.228 e. The Morgan fingerprint density at radius 1 is 0.960 bits per heavy atom. The number of hydrogen-bond donors (Lipinski definition) is 2. The van der Waals surface area contributed by atoms with Gasteiger partial charge in [0.2, 0.25) is 5.91 Å². The Morgan fingerprint density at radius 3 is 2.28 bits per heavy atom. The van der Waals surface area contributed by atoms with E-state index in [-0.39, 0.29) is 12.3 Å². The van der Waals surface area contributed by atoms with E-state index < -0.39 is 0 Å². The standard InChI is InChI=1S/C20H26N2O3/c1-4-5-12-21-16-7-9-17(10-8-16)22-20(23)14-15-6-11-18(24-2)19(13-15)25-3/h6-11,13,21H,4-5,12,14H2,1-3H3,(H,22,23). The molecule has 5 nitrogen and oxygen atoms in total. The van der Waals surface area contributed by atoms with Crippen molar-refractivity contribution in [1.29, 1.82) is 0 Å². The molecule has 2 aromatic rings. The number of carbonyl (C=O) groups excluding carboxylic acids is 1. The highest BCUT2D eigenvalue weighted by atomic mass is 16.5. The van der Waals surface area contributed by atoms with Crippen LogP contribution in [0.2, 0.25) is 0 Å². The zero-order valence-electron chi connectivity index (χ0n) is 15.1. The Bertz CT molecular complexity index is 684. The van der Waals surface area contributed by atoms with Crippen LogP contribution in [0.15, 0.2) is 42.5 Å². The van der Waals surface area contributed by atoms with Gasteiger partial charge in [0.25, 0.3) is 0 Å². The van der Waals surface area contributed by atoms with Crippen LogP contribution in [0.25, 0.3) is 0 Å². The normalized spacial score (nSPS) is 10.2. The quantitative estimate of drug-likeness (QED) is 0.674. The van der Waals surface area contributed by atoms with Gasteiger partial charge in [-0.25, -0.2) is 0 Å². The fourth-order valence-corrected chi connectivity index (χ4v) is 2.46. The molecule has 0 saturated heterocycles. The van der Waals surface area contributed by atoms with Gasteiger partial charge in [-0.1, -0.05) is 19.4 Å². The molecule has 0 radical (unpaired) electrons. The van der Waals surface area contributed by atoms with E-state index in [1.807, 2.05) is 36.4 Å². The summed E-state index contributed by atoms with van der Waals surface area (Å²) in [6.07, 6.45) is 2.58. The van der Waals surface area contributed by atoms with Gasteiger partial charge in [-0.3, -0.25) is 4.79 Å². The van der Waals surface area contributed by atoms with Crippen molar-refractivity contribution in [2.75, 3.05) is 31.4 Å². The van der Waals surface area contributed by atoms with Gasteiger partial charge in [-0.2, -0.15) is 0 Å². The summed E-state index contributed by atoms with van der Waals surface area (Å²) in [5, 5.41) is 6.26. The highest BCUT2D eigenvalue weighted by Gasteiger charge is 2.08. The zero-order chi connectivity index (χ0) is 18.1. The van der Waals surface area contributed by atoms with Crippen molar-refractivity contribution in [3.05, 3.63) is 48.0 Å². The highest BCUT2D eigenvalue weighted by molar-refractivity contribution is 5.92. The van der Waals surface area contributed by atoms with E-state index in [2.05, 4.69) is 17.6 Å². The largest absolute Gasteiger partial charge is 0.493 e. The minimum Gasteiger partial charge on any atom is -0.493 e. The molecule has 0 fully saturated rings. The molecule has 25 heavy (non-hydrogen) atoms. The summed E-state index contributed by atoms with van der Waals surface area (Å²) < 4.78 is 10.5. The number of amides is 1. The van der Waals surface area contributed by atoms with Crippen molar-refractivity contribution in [1.82, 2.24) is 0 Å². The first-order valence-corrected chi connectivity index (χ1v) is 8.51. The molecule has 0 atom stereocenters. The molecule has 0 aliphatic rings. The van der Waals surface area contributed by atoms with Crippen LogP contribution in [0.5, 0.6) is 11.5 Å². The van der Waals surface area contributed by atoms with Crippen molar-refractivity contribution in [2.45, 2.75) is 26.2 Å². The van der Waals surface area contributed by atoms with E-state index in [1.54, 1.807) is 20.3 Å². The van der Waals surface area contributed by atoms with E-state index in [4.69, 9.17) is 9.47 Å². The van der Waals surface area contributed by atoms with Gasteiger partial charge < -0.3 is 20.1 Å². The van der Waals surface area contributed by atoms with Gasteiger partial charge in [-0.05, 0) is 48.4 Å². The maximum atomic E-state index is 12.2. The molecule has 0 aliphatic heterocycles. The second-order valence-electron chi connectivity index (χ2n) is 5.77. The number of ether oxygens (including phenoxy) is 2. The van der Waals surface area contributed by atoms with E-state index in [1.165, 1.54) is 0 Å². The molecule has 2 rings (SSSR count). The molecule has 5 heteroatoms. The summed E-state index contributed by atoms with van der Waals surface area (Å²) in [6, 6.07) is 13.2. The minimum atomic E-state index is -0.0705. The van der Waals surface area contributed by atoms with Crippen LogP contribution >= 0.6 is 0 Å². The molecular formula is C20H26N2O3. The molecule has 0 heterocycles.